The van der Waals surface area contributed by atoms with E-state index in [-0.39, 0.29) is 12.5 Å². The van der Waals surface area contributed by atoms with Crippen molar-refractivity contribution in [2.75, 3.05) is 61.0 Å². The smallest absolute Gasteiger partial charge is 0.222 e. The summed E-state index contributed by atoms with van der Waals surface area (Å²) in [5.41, 5.74) is 0. The summed E-state index contributed by atoms with van der Waals surface area (Å²) in [6, 6.07) is 0. The van der Waals surface area contributed by atoms with Gasteiger partial charge in [0, 0.05) is 26.1 Å². The first-order valence-electron chi connectivity index (χ1n) is 7.15. The van der Waals surface area contributed by atoms with Crippen molar-refractivity contribution in [2.24, 2.45) is 0 Å². The Bertz CT molecular complexity index is 219. The van der Waals surface area contributed by atoms with Crippen LogP contribution in [-0.4, -0.2) is 86.7 Å². The zero-order valence-electron chi connectivity index (χ0n) is 13.1. The number of amides is 1. The van der Waals surface area contributed by atoms with Crippen molar-refractivity contribution in [2.45, 2.75) is 25.7 Å². The Balaban J connectivity index is 4.09. The standard InChI is InChI=1S/C14H31N3O2/c1-15(2)9-6-11-17(12-7-10-16(3)4)14(19)8-5-13-18/h18H,5-13H2,1-4H3. The van der Waals surface area contributed by atoms with Crippen LogP contribution in [-0.2, 0) is 4.79 Å². The van der Waals surface area contributed by atoms with Crippen LogP contribution in [0.3, 0.4) is 0 Å². The molecule has 114 valence electrons. The predicted molar refractivity (Wildman–Crippen MR) is 79.2 cm³/mol. The van der Waals surface area contributed by atoms with E-state index in [1.807, 2.05) is 33.1 Å². The summed E-state index contributed by atoms with van der Waals surface area (Å²) in [5.74, 6) is 0.173. The molecule has 1 N–H and O–H groups in total. The number of carbonyl (C=O) groups excluding carboxylic acids is 1. The van der Waals surface area contributed by atoms with Gasteiger partial charge in [-0.3, -0.25) is 4.79 Å². The Kier molecular flexibility index (Phi) is 10.8. The van der Waals surface area contributed by atoms with Crippen LogP contribution in [0.2, 0.25) is 0 Å². The molecule has 0 unspecified atom stereocenters. The van der Waals surface area contributed by atoms with E-state index in [4.69, 9.17) is 5.11 Å². The molecule has 0 saturated heterocycles. The van der Waals surface area contributed by atoms with E-state index < -0.39 is 0 Å². The molecule has 0 fully saturated rings. The fraction of sp³-hybridized carbons (Fsp3) is 0.929. The van der Waals surface area contributed by atoms with Gasteiger partial charge >= 0.3 is 0 Å². The molecule has 0 radical (unpaired) electrons. The highest BCUT2D eigenvalue weighted by Gasteiger charge is 2.12. The van der Waals surface area contributed by atoms with Gasteiger partial charge in [0.1, 0.15) is 0 Å². The molecule has 0 bridgehead atoms. The van der Waals surface area contributed by atoms with Crippen molar-refractivity contribution < 1.29 is 9.90 Å². The van der Waals surface area contributed by atoms with Gasteiger partial charge in [0.25, 0.3) is 0 Å². The Hall–Kier alpha value is -0.650. The average Bonchev–Trinajstić information content (AvgIpc) is 2.33. The van der Waals surface area contributed by atoms with E-state index in [0.717, 1.165) is 39.0 Å². The van der Waals surface area contributed by atoms with Crippen LogP contribution in [0, 0.1) is 0 Å². The van der Waals surface area contributed by atoms with Gasteiger partial charge in [0.15, 0.2) is 0 Å². The van der Waals surface area contributed by atoms with E-state index in [9.17, 15) is 4.79 Å². The monoisotopic (exact) mass is 273 g/mol. The van der Waals surface area contributed by atoms with Gasteiger partial charge in [-0.15, -0.1) is 0 Å². The van der Waals surface area contributed by atoms with Gasteiger partial charge in [-0.05, 0) is 60.5 Å². The Labute approximate surface area is 118 Å². The second kappa shape index (κ2) is 11.2. The molecule has 0 aliphatic heterocycles. The minimum Gasteiger partial charge on any atom is -0.396 e. The van der Waals surface area contributed by atoms with Crippen molar-refractivity contribution in [3.05, 3.63) is 0 Å². The largest absolute Gasteiger partial charge is 0.396 e. The van der Waals surface area contributed by atoms with E-state index in [2.05, 4.69) is 9.80 Å². The van der Waals surface area contributed by atoms with Crippen LogP contribution < -0.4 is 0 Å². The van der Waals surface area contributed by atoms with Crippen molar-refractivity contribution in [1.29, 1.82) is 0 Å². The molecule has 0 aliphatic rings. The highest BCUT2D eigenvalue weighted by atomic mass is 16.3. The first-order valence-corrected chi connectivity index (χ1v) is 7.15. The number of aliphatic hydroxyl groups excluding tert-OH is 1. The van der Waals surface area contributed by atoms with Gasteiger partial charge in [-0.2, -0.15) is 0 Å². The molecule has 0 aromatic heterocycles. The normalized spacial score (nSPS) is 11.3. The van der Waals surface area contributed by atoms with Crippen LogP contribution in [0.4, 0.5) is 0 Å². The second-order valence-corrected chi connectivity index (χ2v) is 5.52. The van der Waals surface area contributed by atoms with E-state index in [1.54, 1.807) is 0 Å². The minimum atomic E-state index is 0.0922. The van der Waals surface area contributed by atoms with Gasteiger partial charge in [-0.25, -0.2) is 0 Å². The summed E-state index contributed by atoms with van der Waals surface area (Å²) >= 11 is 0. The fourth-order valence-electron chi connectivity index (χ4n) is 1.91. The molecule has 0 atom stereocenters. The molecule has 19 heavy (non-hydrogen) atoms. The minimum absolute atomic E-state index is 0.0922. The van der Waals surface area contributed by atoms with Crippen LogP contribution in [0.15, 0.2) is 0 Å². The van der Waals surface area contributed by atoms with Crippen LogP contribution >= 0.6 is 0 Å². The summed E-state index contributed by atoms with van der Waals surface area (Å²) in [4.78, 5) is 18.3. The molecule has 0 rings (SSSR count). The zero-order valence-corrected chi connectivity index (χ0v) is 13.1. The maximum Gasteiger partial charge on any atom is 0.222 e. The number of nitrogens with zero attached hydrogens (tertiary/aromatic N) is 3. The topological polar surface area (TPSA) is 47.0 Å². The van der Waals surface area contributed by atoms with E-state index in [1.165, 1.54) is 0 Å². The van der Waals surface area contributed by atoms with Crippen molar-refractivity contribution in [3.8, 4) is 0 Å². The van der Waals surface area contributed by atoms with Crippen molar-refractivity contribution in [3.63, 3.8) is 0 Å². The van der Waals surface area contributed by atoms with Crippen LogP contribution in [0.1, 0.15) is 25.7 Å². The Morgan fingerprint density at radius 3 is 1.68 bits per heavy atom. The maximum absolute atomic E-state index is 12.0. The summed E-state index contributed by atoms with van der Waals surface area (Å²) in [5, 5.41) is 8.81. The van der Waals surface area contributed by atoms with Crippen LogP contribution in [0.25, 0.3) is 0 Å². The van der Waals surface area contributed by atoms with Crippen molar-refractivity contribution >= 4 is 5.91 Å². The lowest BCUT2D eigenvalue weighted by Gasteiger charge is -2.24. The van der Waals surface area contributed by atoms with E-state index in [0.29, 0.717) is 12.8 Å². The summed E-state index contributed by atoms with van der Waals surface area (Å²) < 4.78 is 0. The number of rotatable bonds is 11. The fourth-order valence-corrected chi connectivity index (χ4v) is 1.91. The van der Waals surface area contributed by atoms with Crippen LogP contribution in [0.5, 0.6) is 0 Å². The third-order valence-corrected chi connectivity index (χ3v) is 2.97. The van der Waals surface area contributed by atoms with Gasteiger partial charge < -0.3 is 19.8 Å². The molecule has 0 heterocycles. The molecule has 5 heteroatoms. The Morgan fingerprint density at radius 1 is 0.842 bits per heavy atom. The molecule has 0 aromatic rings. The lowest BCUT2D eigenvalue weighted by molar-refractivity contribution is -0.131. The molecule has 0 saturated carbocycles. The molecular weight excluding hydrogens is 242 g/mol. The lowest BCUT2D eigenvalue weighted by Crippen LogP contribution is -2.35. The molecule has 0 aromatic carbocycles. The SMILES string of the molecule is CN(C)CCCN(CCCN(C)C)C(=O)CCCO. The highest BCUT2D eigenvalue weighted by Crippen LogP contribution is 2.02. The molecule has 5 nitrogen and oxygen atoms in total. The van der Waals surface area contributed by atoms with E-state index >= 15 is 0 Å². The molecule has 0 spiro atoms. The summed E-state index contributed by atoms with van der Waals surface area (Å²) in [6.07, 6.45) is 3.02. The summed E-state index contributed by atoms with van der Waals surface area (Å²) in [6.45, 7) is 3.72. The first-order chi connectivity index (χ1) is 8.97. The Morgan fingerprint density at radius 2 is 1.32 bits per heavy atom. The maximum atomic E-state index is 12.0. The van der Waals surface area contributed by atoms with Crippen molar-refractivity contribution in [1.82, 2.24) is 14.7 Å². The third kappa shape index (κ3) is 10.9. The number of hydrogen-bond acceptors (Lipinski definition) is 4. The van der Waals surface area contributed by atoms with Gasteiger partial charge in [-0.1, -0.05) is 0 Å². The average molecular weight is 273 g/mol. The first kappa shape index (κ1) is 18.4. The number of carbonyl (C=O) groups is 1. The predicted octanol–water partition coefficient (Wildman–Crippen LogP) is 0.491. The zero-order chi connectivity index (χ0) is 14.7. The van der Waals surface area contributed by atoms with Gasteiger partial charge in [0.2, 0.25) is 5.91 Å². The quantitative estimate of drug-likeness (QED) is 0.595. The molecular formula is C14H31N3O2. The highest BCUT2D eigenvalue weighted by molar-refractivity contribution is 5.76. The molecule has 0 aliphatic carbocycles. The summed E-state index contributed by atoms with van der Waals surface area (Å²) in [7, 11) is 8.18. The number of aliphatic hydroxyl groups is 1. The lowest BCUT2D eigenvalue weighted by atomic mass is 10.2. The second-order valence-electron chi connectivity index (χ2n) is 5.52. The number of hydrogen-bond donors (Lipinski definition) is 1. The molecule has 1 amide bonds. The third-order valence-electron chi connectivity index (χ3n) is 2.97. The van der Waals surface area contributed by atoms with Gasteiger partial charge in [0.05, 0.1) is 0 Å².